The Kier molecular flexibility index (Phi) is 6.67. The SMILES string of the molecule is CCOCCN(CC)c1nc(C(C)C)nc(NN)c1C. The van der Waals surface area contributed by atoms with Crippen molar-refractivity contribution >= 4 is 11.6 Å². The van der Waals surface area contributed by atoms with E-state index in [2.05, 4.69) is 36.1 Å². The number of hydrazine groups is 1. The molecule has 0 saturated carbocycles. The van der Waals surface area contributed by atoms with Gasteiger partial charge in [0.25, 0.3) is 0 Å². The van der Waals surface area contributed by atoms with Crippen LogP contribution in [-0.4, -0.2) is 36.3 Å². The van der Waals surface area contributed by atoms with Crippen molar-refractivity contribution < 1.29 is 4.74 Å². The summed E-state index contributed by atoms with van der Waals surface area (Å²) in [6, 6.07) is 0. The van der Waals surface area contributed by atoms with Crippen molar-refractivity contribution in [1.29, 1.82) is 0 Å². The van der Waals surface area contributed by atoms with E-state index in [4.69, 9.17) is 15.6 Å². The monoisotopic (exact) mass is 281 g/mol. The molecule has 0 aliphatic carbocycles. The number of nitrogens with two attached hydrogens (primary N) is 1. The molecule has 0 spiro atoms. The Morgan fingerprint density at radius 3 is 2.50 bits per heavy atom. The van der Waals surface area contributed by atoms with Gasteiger partial charge in [-0.05, 0) is 20.8 Å². The summed E-state index contributed by atoms with van der Waals surface area (Å²) in [5.74, 6) is 8.24. The fraction of sp³-hybridized carbons (Fsp3) is 0.714. The van der Waals surface area contributed by atoms with Gasteiger partial charge in [-0.15, -0.1) is 0 Å². The molecule has 0 aliphatic rings. The van der Waals surface area contributed by atoms with Crippen LogP contribution in [0.5, 0.6) is 0 Å². The van der Waals surface area contributed by atoms with Crippen LogP contribution in [-0.2, 0) is 4.74 Å². The van der Waals surface area contributed by atoms with Crippen molar-refractivity contribution in [3.63, 3.8) is 0 Å². The minimum absolute atomic E-state index is 0.257. The van der Waals surface area contributed by atoms with Crippen LogP contribution in [0.2, 0.25) is 0 Å². The van der Waals surface area contributed by atoms with E-state index in [1.54, 1.807) is 0 Å². The number of nitrogens with zero attached hydrogens (tertiary/aromatic N) is 3. The van der Waals surface area contributed by atoms with E-state index in [0.717, 1.165) is 36.9 Å². The number of nitrogen functional groups attached to an aromatic ring is 1. The number of aromatic nitrogens is 2. The van der Waals surface area contributed by atoms with Gasteiger partial charge in [0.15, 0.2) is 0 Å². The predicted octanol–water partition coefficient (Wildman–Crippen LogP) is 2.06. The molecular weight excluding hydrogens is 254 g/mol. The van der Waals surface area contributed by atoms with Crippen LogP contribution in [0.3, 0.4) is 0 Å². The average molecular weight is 281 g/mol. The number of ether oxygens (including phenoxy) is 1. The lowest BCUT2D eigenvalue weighted by Crippen LogP contribution is -2.30. The summed E-state index contributed by atoms with van der Waals surface area (Å²) in [5.41, 5.74) is 3.64. The molecule has 6 nitrogen and oxygen atoms in total. The number of hydrogen-bond donors (Lipinski definition) is 2. The Labute approximate surface area is 121 Å². The lowest BCUT2D eigenvalue weighted by molar-refractivity contribution is 0.154. The first-order valence-electron chi connectivity index (χ1n) is 7.22. The van der Waals surface area contributed by atoms with Crippen molar-refractivity contribution in [2.24, 2.45) is 5.84 Å². The van der Waals surface area contributed by atoms with Crippen LogP contribution in [0.1, 0.15) is 45.0 Å². The third-order valence-electron chi connectivity index (χ3n) is 3.18. The molecule has 0 bridgehead atoms. The molecule has 1 aromatic heterocycles. The molecule has 6 heteroatoms. The molecule has 0 saturated heterocycles. The first-order chi connectivity index (χ1) is 9.54. The Hall–Kier alpha value is -1.40. The zero-order valence-electron chi connectivity index (χ0n) is 13.2. The predicted molar refractivity (Wildman–Crippen MR) is 83.0 cm³/mol. The molecule has 0 fully saturated rings. The fourth-order valence-corrected chi connectivity index (χ4v) is 1.96. The maximum atomic E-state index is 5.57. The van der Waals surface area contributed by atoms with Gasteiger partial charge in [-0.3, -0.25) is 0 Å². The van der Waals surface area contributed by atoms with Gasteiger partial charge in [-0.25, -0.2) is 15.8 Å². The maximum Gasteiger partial charge on any atom is 0.148 e. The summed E-state index contributed by atoms with van der Waals surface area (Å²) in [7, 11) is 0. The number of nitrogens with one attached hydrogen (secondary N) is 1. The molecule has 0 amide bonds. The van der Waals surface area contributed by atoms with E-state index >= 15 is 0 Å². The summed E-state index contributed by atoms with van der Waals surface area (Å²) in [5, 5.41) is 0. The zero-order valence-corrected chi connectivity index (χ0v) is 13.2. The van der Waals surface area contributed by atoms with Crippen LogP contribution < -0.4 is 16.2 Å². The number of hydrogen-bond acceptors (Lipinski definition) is 6. The standard InChI is InChI=1S/C14H27N5O/c1-6-19(8-9-20-7-2)14-11(5)13(18-15)16-12(17-14)10(3)4/h10H,6-9,15H2,1-5H3,(H,16,17,18). The van der Waals surface area contributed by atoms with E-state index in [1.165, 1.54) is 0 Å². The first kappa shape index (κ1) is 16.7. The summed E-state index contributed by atoms with van der Waals surface area (Å²) in [4.78, 5) is 11.3. The van der Waals surface area contributed by atoms with Gasteiger partial charge >= 0.3 is 0 Å². The summed E-state index contributed by atoms with van der Waals surface area (Å²) in [6.07, 6.45) is 0. The quantitative estimate of drug-likeness (QED) is 0.431. The molecule has 3 N–H and O–H groups in total. The highest BCUT2D eigenvalue weighted by Crippen LogP contribution is 2.25. The van der Waals surface area contributed by atoms with Gasteiger partial charge in [0.2, 0.25) is 0 Å². The lowest BCUT2D eigenvalue weighted by atomic mass is 10.2. The zero-order chi connectivity index (χ0) is 15.1. The van der Waals surface area contributed by atoms with Gasteiger partial charge in [0, 0.05) is 31.2 Å². The Morgan fingerprint density at radius 1 is 1.30 bits per heavy atom. The van der Waals surface area contributed by atoms with Gasteiger partial charge < -0.3 is 15.1 Å². The van der Waals surface area contributed by atoms with E-state index in [9.17, 15) is 0 Å². The molecule has 114 valence electrons. The van der Waals surface area contributed by atoms with Crippen molar-refractivity contribution in [2.75, 3.05) is 36.6 Å². The van der Waals surface area contributed by atoms with Gasteiger partial charge in [0.05, 0.1) is 6.61 Å². The largest absolute Gasteiger partial charge is 0.380 e. The molecule has 1 aromatic rings. The first-order valence-corrected chi connectivity index (χ1v) is 7.22. The Bertz CT molecular complexity index is 422. The number of anilines is 2. The third-order valence-corrected chi connectivity index (χ3v) is 3.18. The topological polar surface area (TPSA) is 76.3 Å². The number of rotatable bonds is 8. The fourth-order valence-electron chi connectivity index (χ4n) is 1.96. The van der Waals surface area contributed by atoms with Crippen LogP contribution in [0.15, 0.2) is 0 Å². The highest BCUT2D eigenvalue weighted by atomic mass is 16.5. The van der Waals surface area contributed by atoms with Gasteiger partial charge in [0.1, 0.15) is 17.5 Å². The second kappa shape index (κ2) is 8.01. The lowest BCUT2D eigenvalue weighted by Gasteiger charge is -2.25. The van der Waals surface area contributed by atoms with Crippen LogP contribution >= 0.6 is 0 Å². The molecule has 0 aromatic carbocycles. The average Bonchev–Trinajstić information content (AvgIpc) is 2.44. The number of likely N-dealkylation sites (N-methyl/N-ethyl adjacent to an activating group) is 1. The molecule has 1 heterocycles. The third kappa shape index (κ3) is 4.05. The smallest absolute Gasteiger partial charge is 0.148 e. The minimum atomic E-state index is 0.257. The van der Waals surface area contributed by atoms with Crippen molar-refractivity contribution in [3.8, 4) is 0 Å². The highest BCUT2D eigenvalue weighted by molar-refractivity contribution is 5.58. The Morgan fingerprint density at radius 2 is 2.00 bits per heavy atom. The van der Waals surface area contributed by atoms with E-state index in [1.807, 2.05) is 13.8 Å². The molecule has 0 radical (unpaired) electrons. The van der Waals surface area contributed by atoms with Crippen LogP contribution in [0, 0.1) is 6.92 Å². The summed E-state index contributed by atoms with van der Waals surface area (Å²) in [6.45, 7) is 13.3. The van der Waals surface area contributed by atoms with Crippen LogP contribution in [0.4, 0.5) is 11.6 Å². The van der Waals surface area contributed by atoms with E-state index in [-0.39, 0.29) is 5.92 Å². The van der Waals surface area contributed by atoms with Crippen LogP contribution in [0.25, 0.3) is 0 Å². The highest BCUT2D eigenvalue weighted by Gasteiger charge is 2.16. The molecule has 20 heavy (non-hydrogen) atoms. The molecule has 0 unspecified atom stereocenters. The molecule has 1 rings (SSSR count). The van der Waals surface area contributed by atoms with Crippen molar-refractivity contribution in [3.05, 3.63) is 11.4 Å². The van der Waals surface area contributed by atoms with Crippen molar-refractivity contribution in [2.45, 2.75) is 40.5 Å². The second-order valence-corrected chi connectivity index (χ2v) is 4.95. The molecule has 0 aliphatic heterocycles. The molecule has 0 atom stereocenters. The minimum Gasteiger partial charge on any atom is -0.380 e. The van der Waals surface area contributed by atoms with Gasteiger partial charge in [-0.1, -0.05) is 13.8 Å². The second-order valence-electron chi connectivity index (χ2n) is 4.95. The summed E-state index contributed by atoms with van der Waals surface area (Å²) < 4.78 is 5.44. The summed E-state index contributed by atoms with van der Waals surface area (Å²) >= 11 is 0. The van der Waals surface area contributed by atoms with E-state index < -0.39 is 0 Å². The normalized spacial score (nSPS) is 10.9. The maximum absolute atomic E-state index is 5.57. The van der Waals surface area contributed by atoms with Gasteiger partial charge in [-0.2, -0.15) is 0 Å². The molecular formula is C14H27N5O. The van der Waals surface area contributed by atoms with E-state index in [0.29, 0.717) is 12.4 Å². The van der Waals surface area contributed by atoms with Crippen molar-refractivity contribution in [1.82, 2.24) is 9.97 Å². The Balaban J connectivity index is 3.08.